The molecule has 0 atom stereocenters. The van der Waals surface area contributed by atoms with Crippen molar-refractivity contribution in [1.29, 1.82) is 0 Å². The molecule has 0 unspecified atom stereocenters. The molecular weight excluding hydrogens is 299 g/mol. The fraction of sp³-hybridized carbons (Fsp3) is 0.235. The molecule has 0 heterocycles. The molecule has 0 fully saturated rings. The lowest BCUT2D eigenvalue weighted by Gasteiger charge is -2.23. The van der Waals surface area contributed by atoms with Crippen LogP contribution in [0, 0.1) is 5.82 Å². The highest BCUT2D eigenvalue weighted by Crippen LogP contribution is 2.25. The zero-order valence-corrected chi connectivity index (χ0v) is 12.8. The van der Waals surface area contributed by atoms with Crippen molar-refractivity contribution in [3.63, 3.8) is 0 Å². The number of rotatable bonds is 6. The number of hydrogen-bond donors (Lipinski definition) is 2. The van der Waals surface area contributed by atoms with Crippen molar-refractivity contribution in [1.82, 2.24) is 4.90 Å². The van der Waals surface area contributed by atoms with Crippen LogP contribution in [0.5, 0.6) is 5.75 Å². The molecule has 0 aliphatic carbocycles. The number of nitrogens with one attached hydrogen (secondary N) is 1. The lowest BCUT2D eigenvalue weighted by molar-refractivity contribution is 0.185. The van der Waals surface area contributed by atoms with E-state index in [-0.39, 0.29) is 18.8 Å². The van der Waals surface area contributed by atoms with Gasteiger partial charge in [0.05, 0.1) is 19.4 Å². The van der Waals surface area contributed by atoms with Crippen molar-refractivity contribution in [3.8, 4) is 5.75 Å². The third-order valence-corrected chi connectivity index (χ3v) is 3.28. The summed E-state index contributed by atoms with van der Waals surface area (Å²) in [5.41, 5.74) is 1.18. The predicted octanol–water partition coefficient (Wildman–Crippen LogP) is 2.86. The molecule has 23 heavy (non-hydrogen) atoms. The van der Waals surface area contributed by atoms with E-state index in [0.717, 1.165) is 5.56 Å². The number of aliphatic hydroxyl groups is 1. The minimum absolute atomic E-state index is 0.165. The van der Waals surface area contributed by atoms with Crippen molar-refractivity contribution >= 4 is 11.7 Å². The topological polar surface area (TPSA) is 61.8 Å². The molecule has 0 saturated heterocycles. The molecule has 0 aromatic heterocycles. The Morgan fingerprint density at radius 3 is 2.65 bits per heavy atom. The molecule has 0 bridgehead atoms. The summed E-state index contributed by atoms with van der Waals surface area (Å²) in [5, 5.41) is 11.8. The van der Waals surface area contributed by atoms with Crippen LogP contribution in [0.1, 0.15) is 5.56 Å². The number of benzene rings is 2. The summed E-state index contributed by atoms with van der Waals surface area (Å²) in [6.07, 6.45) is 0. The summed E-state index contributed by atoms with van der Waals surface area (Å²) in [7, 11) is 1.44. The third kappa shape index (κ3) is 4.69. The summed E-state index contributed by atoms with van der Waals surface area (Å²) in [5.74, 6) is -0.110. The van der Waals surface area contributed by atoms with Crippen LogP contribution in [0.3, 0.4) is 0 Å². The van der Waals surface area contributed by atoms with E-state index in [2.05, 4.69) is 5.32 Å². The first kappa shape index (κ1) is 16.8. The van der Waals surface area contributed by atoms with Gasteiger partial charge in [-0.05, 0) is 17.7 Å². The van der Waals surface area contributed by atoms with Crippen LogP contribution in [-0.2, 0) is 6.54 Å². The van der Waals surface area contributed by atoms with Crippen molar-refractivity contribution < 1.29 is 19.0 Å². The summed E-state index contributed by atoms with van der Waals surface area (Å²) >= 11 is 0. The maximum Gasteiger partial charge on any atom is 0.322 e. The lowest BCUT2D eigenvalue weighted by Crippen LogP contribution is -2.36. The molecule has 0 aliphatic rings. The highest BCUT2D eigenvalue weighted by atomic mass is 19.1. The largest absolute Gasteiger partial charge is 0.495 e. The van der Waals surface area contributed by atoms with Crippen LogP contribution in [0.2, 0.25) is 0 Å². The number of aliphatic hydroxyl groups excluding tert-OH is 1. The maximum atomic E-state index is 13.4. The van der Waals surface area contributed by atoms with Gasteiger partial charge in [0.25, 0.3) is 0 Å². The lowest BCUT2D eigenvalue weighted by atomic mass is 10.2. The summed E-state index contributed by atoms with van der Waals surface area (Å²) in [4.78, 5) is 13.9. The van der Waals surface area contributed by atoms with Crippen LogP contribution in [-0.4, -0.2) is 36.3 Å². The van der Waals surface area contributed by atoms with Crippen LogP contribution in [0.4, 0.5) is 14.9 Å². The maximum absolute atomic E-state index is 13.4. The number of anilines is 1. The molecule has 2 aromatic carbocycles. The van der Waals surface area contributed by atoms with Gasteiger partial charge in [-0.25, -0.2) is 9.18 Å². The molecule has 122 valence electrons. The number of amides is 2. The average Bonchev–Trinajstić information content (AvgIpc) is 2.55. The van der Waals surface area contributed by atoms with Crippen LogP contribution >= 0.6 is 0 Å². The van der Waals surface area contributed by atoms with E-state index >= 15 is 0 Å². The van der Waals surface area contributed by atoms with Gasteiger partial charge in [-0.1, -0.05) is 30.3 Å². The van der Waals surface area contributed by atoms with E-state index in [1.54, 1.807) is 0 Å². The number of carbonyl (C=O) groups excluding carboxylic acids is 1. The summed E-state index contributed by atoms with van der Waals surface area (Å²) in [6.45, 7) is 0.337. The molecule has 6 heteroatoms. The van der Waals surface area contributed by atoms with E-state index < -0.39 is 11.8 Å². The number of halogens is 1. The molecule has 0 spiro atoms. The Hall–Kier alpha value is -2.60. The highest BCUT2D eigenvalue weighted by Gasteiger charge is 2.16. The Kier molecular flexibility index (Phi) is 5.94. The van der Waals surface area contributed by atoms with Gasteiger partial charge in [0.1, 0.15) is 11.6 Å². The van der Waals surface area contributed by atoms with Gasteiger partial charge in [-0.15, -0.1) is 0 Å². The minimum atomic E-state index is -0.474. The molecule has 0 aliphatic heterocycles. The van der Waals surface area contributed by atoms with Crippen LogP contribution < -0.4 is 10.1 Å². The smallest absolute Gasteiger partial charge is 0.322 e. The SMILES string of the molecule is COc1ccc(F)cc1NC(=O)N(CCO)Cc1ccccc1. The predicted molar refractivity (Wildman–Crippen MR) is 85.9 cm³/mol. The normalized spacial score (nSPS) is 10.2. The number of carbonyl (C=O) groups is 1. The van der Waals surface area contributed by atoms with E-state index in [1.165, 1.54) is 30.2 Å². The number of urea groups is 1. The van der Waals surface area contributed by atoms with Gasteiger partial charge in [-0.2, -0.15) is 0 Å². The minimum Gasteiger partial charge on any atom is -0.495 e. The van der Waals surface area contributed by atoms with Crippen molar-refractivity contribution in [2.75, 3.05) is 25.6 Å². The second kappa shape index (κ2) is 8.14. The standard InChI is InChI=1S/C17H19FN2O3/c1-23-16-8-7-14(18)11-15(16)19-17(22)20(9-10-21)12-13-5-3-2-4-6-13/h2-8,11,21H,9-10,12H2,1H3,(H,19,22). The second-order valence-corrected chi connectivity index (χ2v) is 4.91. The molecule has 2 aromatic rings. The first-order valence-corrected chi connectivity index (χ1v) is 7.18. The Morgan fingerprint density at radius 2 is 2.00 bits per heavy atom. The summed E-state index contributed by atoms with van der Waals surface area (Å²) in [6, 6.07) is 12.9. The molecule has 2 N–H and O–H groups in total. The first-order chi connectivity index (χ1) is 11.1. The molecular formula is C17H19FN2O3. The van der Waals surface area contributed by atoms with Crippen molar-refractivity contribution in [3.05, 3.63) is 59.9 Å². The van der Waals surface area contributed by atoms with Gasteiger partial charge < -0.3 is 20.1 Å². The monoisotopic (exact) mass is 318 g/mol. The van der Waals surface area contributed by atoms with E-state index in [1.807, 2.05) is 30.3 Å². The zero-order valence-electron chi connectivity index (χ0n) is 12.8. The van der Waals surface area contributed by atoms with E-state index in [9.17, 15) is 9.18 Å². The second-order valence-electron chi connectivity index (χ2n) is 4.91. The molecule has 5 nitrogen and oxygen atoms in total. The van der Waals surface area contributed by atoms with E-state index in [4.69, 9.17) is 9.84 Å². The quantitative estimate of drug-likeness (QED) is 0.861. The number of methoxy groups -OCH3 is 1. The van der Waals surface area contributed by atoms with Gasteiger partial charge in [-0.3, -0.25) is 0 Å². The van der Waals surface area contributed by atoms with Gasteiger partial charge in [0.2, 0.25) is 0 Å². The van der Waals surface area contributed by atoms with Crippen molar-refractivity contribution in [2.24, 2.45) is 0 Å². The van der Waals surface area contributed by atoms with Gasteiger partial charge in [0.15, 0.2) is 0 Å². The third-order valence-electron chi connectivity index (χ3n) is 3.28. The Bertz CT molecular complexity index is 650. The van der Waals surface area contributed by atoms with E-state index in [0.29, 0.717) is 12.3 Å². The molecule has 2 amide bonds. The zero-order chi connectivity index (χ0) is 16.7. The fourth-order valence-corrected chi connectivity index (χ4v) is 2.15. The Balaban J connectivity index is 2.13. The highest BCUT2D eigenvalue weighted by molar-refractivity contribution is 5.91. The first-order valence-electron chi connectivity index (χ1n) is 7.18. The van der Waals surface area contributed by atoms with Gasteiger partial charge >= 0.3 is 6.03 Å². The van der Waals surface area contributed by atoms with Crippen molar-refractivity contribution in [2.45, 2.75) is 6.54 Å². The molecule has 2 rings (SSSR count). The molecule has 0 radical (unpaired) electrons. The van der Waals surface area contributed by atoms with Crippen LogP contribution in [0.25, 0.3) is 0 Å². The number of nitrogens with zero attached hydrogens (tertiary/aromatic N) is 1. The van der Waals surface area contributed by atoms with Gasteiger partial charge in [0, 0.05) is 19.2 Å². The molecule has 0 saturated carbocycles. The summed E-state index contributed by atoms with van der Waals surface area (Å²) < 4.78 is 18.5. The number of ether oxygens (including phenoxy) is 1. The Labute approximate surface area is 134 Å². The Morgan fingerprint density at radius 1 is 1.26 bits per heavy atom. The number of hydrogen-bond acceptors (Lipinski definition) is 3. The fourth-order valence-electron chi connectivity index (χ4n) is 2.15. The van der Waals surface area contributed by atoms with Crippen LogP contribution in [0.15, 0.2) is 48.5 Å². The average molecular weight is 318 g/mol.